The molecule has 0 unspecified atom stereocenters. The minimum Gasteiger partial charge on any atom is -0.496 e. The lowest BCUT2D eigenvalue weighted by molar-refractivity contribution is 0.112. The molecule has 0 heterocycles. The SMILES string of the molecule is COc1ccc2c(Br)cccc2c1C=O. The average Bonchev–Trinajstić information content (AvgIpc) is 2.28. The number of halogens is 1. The number of methoxy groups -OCH3 is 1. The van der Waals surface area contributed by atoms with E-state index in [9.17, 15) is 4.79 Å². The van der Waals surface area contributed by atoms with E-state index in [0.717, 1.165) is 21.5 Å². The van der Waals surface area contributed by atoms with E-state index in [0.29, 0.717) is 11.3 Å². The van der Waals surface area contributed by atoms with E-state index in [1.165, 1.54) is 0 Å². The van der Waals surface area contributed by atoms with Crippen molar-refractivity contribution in [2.75, 3.05) is 7.11 Å². The Morgan fingerprint density at radius 3 is 2.67 bits per heavy atom. The zero-order chi connectivity index (χ0) is 10.8. The van der Waals surface area contributed by atoms with Gasteiger partial charge in [-0.05, 0) is 29.0 Å². The maximum absolute atomic E-state index is 11.0. The van der Waals surface area contributed by atoms with E-state index in [1.807, 2.05) is 24.3 Å². The van der Waals surface area contributed by atoms with E-state index >= 15 is 0 Å². The van der Waals surface area contributed by atoms with E-state index in [4.69, 9.17) is 4.74 Å². The highest BCUT2D eigenvalue weighted by Crippen LogP contribution is 2.30. The van der Waals surface area contributed by atoms with Crippen LogP contribution < -0.4 is 4.74 Å². The summed E-state index contributed by atoms with van der Waals surface area (Å²) in [6.45, 7) is 0. The van der Waals surface area contributed by atoms with Crippen LogP contribution >= 0.6 is 15.9 Å². The molecule has 2 rings (SSSR count). The second-order valence-corrected chi connectivity index (χ2v) is 3.99. The molecule has 0 atom stereocenters. The zero-order valence-corrected chi connectivity index (χ0v) is 9.74. The van der Waals surface area contributed by atoms with Crippen LogP contribution in [0.2, 0.25) is 0 Å². The maximum atomic E-state index is 11.0. The molecule has 2 aromatic rings. The second kappa shape index (κ2) is 4.03. The van der Waals surface area contributed by atoms with Crippen molar-refractivity contribution in [2.24, 2.45) is 0 Å². The van der Waals surface area contributed by atoms with Crippen molar-refractivity contribution >= 4 is 33.0 Å². The predicted molar refractivity (Wildman–Crippen MR) is 63.6 cm³/mol. The van der Waals surface area contributed by atoms with Gasteiger partial charge in [-0.1, -0.05) is 28.1 Å². The molecule has 76 valence electrons. The minimum absolute atomic E-state index is 0.594. The molecule has 0 aromatic heterocycles. The Balaban J connectivity index is 2.88. The van der Waals surface area contributed by atoms with Gasteiger partial charge in [0.25, 0.3) is 0 Å². The number of hydrogen-bond acceptors (Lipinski definition) is 2. The van der Waals surface area contributed by atoms with Gasteiger partial charge in [-0.2, -0.15) is 0 Å². The van der Waals surface area contributed by atoms with Gasteiger partial charge in [0.1, 0.15) is 5.75 Å². The Hall–Kier alpha value is -1.35. The summed E-state index contributed by atoms with van der Waals surface area (Å²) < 4.78 is 6.12. The molecule has 0 saturated carbocycles. The van der Waals surface area contributed by atoms with Crippen LogP contribution in [0.5, 0.6) is 5.75 Å². The van der Waals surface area contributed by atoms with Gasteiger partial charge in [-0.15, -0.1) is 0 Å². The summed E-state index contributed by atoms with van der Waals surface area (Å²) in [4.78, 5) is 11.0. The first-order chi connectivity index (χ1) is 7.27. The Morgan fingerprint density at radius 2 is 2.00 bits per heavy atom. The van der Waals surface area contributed by atoms with Gasteiger partial charge in [-0.25, -0.2) is 0 Å². The molecule has 2 nitrogen and oxygen atoms in total. The van der Waals surface area contributed by atoms with Crippen LogP contribution in [0.3, 0.4) is 0 Å². The maximum Gasteiger partial charge on any atom is 0.154 e. The summed E-state index contributed by atoms with van der Waals surface area (Å²) in [7, 11) is 1.56. The van der Waals surface area contributed by atoms with Gasteiger partial charge in [0, 0.05) is 4.47 Å². The largest absolute Gasteiger partial charge is 0.496 e. The molecule has 2 aromatic carbocycles. The van der Waals surface area contributed by atoms with Crippen LogP contribution in [0.4, 0.5) is 0 Å². The number of rotatable bonds is 2. The summed E-state index contributed by atoms with van der Waals surface area (Å²) in [6.07, 6.45) is 0.827. The molecule has 3 heteroatoms. The molecule has 0 amide bonds. The van der Waals surface area contributed by atoms with E-state index in [2.05, 4.69) is 15.9 Å². The average molecular weight is 265 g/mol. The van der Waals surface area contributed by atoms with Gasteiger partial charge in [-0.3, -0.25) is 4.79 Å². The van der Waals surface area contributed by atoms with Crippen molar-refractivity contribution in [3.8, 4) is 5.75 Å². The highest BCUT2D eigenvalue weighted by atomic mass is 79.9. The molecular formula is C12H9BrO2. The van der Waals surface area contributed by atoms with Crippen LogP contribution in [0.15, 0.2) is 34.8 Å². The molecule has 0 fully saturated rings. The first kappa shape index (κ1) is 10.2. The second-order valence-electron chi connectivity index (χ2n) is 3.13. The Bertz CT molecular complexity index is 520. The lowest BCUT2D eigenvalue weighted by atomic mass is 10.0. The zero-order valence-electron chi connectivity index (χ0n) is 8.16. The number of benzene rings is 2. The molecule has 0 aliphatic heterocycles. The number of carbonyl (C=O) groups is 1. The highest BCUT2D eigenvalue weighted by molar-refractivity contribution is 9.10. The van der Waals surface area contributed by atoms with Crippen molar-refractivity contribution in [3.63, 3.8) is 0 Å². The summed E-state index contributed by atoms with van der Waals surface area (Å²) in [5.41, 5.74) is 0.594. The van der Waals surface area contributed by atoms with Crippen LogP contribution in [0.25, 0.3) is 10.8 Å². The predicted octanol–water partition coefficient (Wildman–Crippen LogP) is 3.42. The number of aldehydes is 1. The van der Waals surface area contributed by atoms with Gasteiger partial charge in [0.05, 0.1) is 12.7 Å². The summed E-state index contributed by atoms with van der Waals surface area (Å²) >= 11 is 3.45. The summed E-state index contributed by atoms with van der Waals surface area (Å²) in [5, 5.41) is 1.92. The quantitative estimate of drug-likeness (QED) is 0.777. The van der Waals surface area contributed by atoms with E-state index in [-0.39, 0.29) is 0 Å². The van der Waals surface area contributed by atoms with Crippen molar-refractivity contribution < 1.29 is 9.53 Å². The first-order valence-corrected chi connectivity index (χ1v) is 5.27. The molecule has 0 N–H and O–H groups in total. The van der Waals surface area contributed by atoms with Gasteiger partial charge in [0.15, 0.2) is 6.29 Å². The van der Waals surface area contributed by atoms with E-state index in [1.54, 1.807) is 13.2 Å². The minimum atomic E-state index is 0.594. The van der Waals surface area contributed by atoms with Gasteiger partial charge >= 0.3 is 0 Å². The van der Waals surface area contributed by atoms with Crippen molar-refractivity contribution in [3.05, 3.63) is 40.4 Å². The molecule has 0 aliphatic carbocycles. The normalized spacial score (nSPS) is 10.3. The molecule has 15 heavy (non-hydrogen) atoms. The lowest BCUT2D eigenvalue weighted by Gasteiger charge is -2.07. The fourth-order valence-corrected chi connectivity index (χ4v) is 2.12. The van der Waals surface area contributed by atoms with Crippen molar-refractivity contribution in [2.45, 2.75) is 0 Å². The third kappa shape index (κ3) is 1.63. The fraction of sp³-hybridized carbons (Fsp3) is 0.0833. The number of hydrogen-bond donors (Lipinski definition) is 0. The number of carbonyl (C=O) groups excluding carboxylic acids is 1. The van der Waals surface area contributed by atoms with E-state index < -0.39 is 0 Å². The lowest BCUT2D eigenvalue weighted by Crippen LogP contribution is -1.91. The topological polar surface area (TPSA) is 26.3 Å². The molecule has 0 radical (unpaired) electrons. The number of ether oxygens (including phenoxy) is 1. The molecule has 0 bridgehead atoms. The fourth-order valence-electron chi connectivity index (χ4n) is 1.62. The third-order valence-corrected chi connectivity index (χ3v) is 3.04. The Labute approximate surface area is 96.0 Å². The monoisotopic (exact) mass is 264 g/mol. The third-order valence-electron chi connectivity index (χ3n) is 2.35. The summed E-state index contributed by atoms with van der Waals surface area (Å²) in [6, 6.07) is 9.50. The Morgan fingerprint density at radius 1 is 1.20 bits per heavy atom. The molecule has 0 aliphatic rings. The van der Waals surface area contributed by atoms with Crippen LogP contribution in [0.1, 0.15) is 10.4 Å². The van der Waals surface area contributed by atoms with Crippen molar-refractivity contribution in [1.82, 2.24) is 0 Å². The van der Waals surface area contributed by atoms with Gasteiger partial charge < -0.3 is 4.74 Å². The molecule has 0 saturated heterocycles. The van der Waals surface area contributed by atoms with Crippen molar-refractivity contribution in [1.29, 1.82) is 0 Å². The number of fused-ring (bicyclic) bond motifs is 1. The molecule has 0 spiro atoms. The van der Waals surface area contributed by atoms with Crippen LogP contribution in [0, 0.1) is 0 Å². The van der Waals surface area contributed by atoms with Crippen LogP contribution in [-0.2, 0) is 0 Å². The highest BCUT2D eigenvalue weighted by Gasteiger charge is 2.08. The smallest absolute Gasteiger partial charge is 0.154 e. The Kier molecular flexibility index (Phi) is 2.73. The standard InChI is InChI=1S/C12H9BrO2/c1-15-12-6-5-9-8(10(12)7-14)3-2-4-11(9)13/h2-7H,1H3. The molecular weight excluding hydrogens is 256 g/mol. The van der Waals surface area contributed by atoms with Crippen LogP contribution in [-0.4, -0.2) is 13.4 Å². The first-order valence-electron chi connectivity index (χ1n) is 4.48. The van der Waals surface area contributed by atoms with Gasteiger partial charge in [0.2, 0.25) is 0 Å². The summed E-state index contributed by atoms with van der Waals surface area (Å²) in [5.74, 6) is 0.607.